The van der Waals surface area contributed by atoms with Gasteiger partial charge in [0.1, 0.15) is 12.2 Å². The van der Waals surface area contributed by atoms with Crippen LogP contribution in [0.4, 0.5) is 0 Å². The van der Waals surface area contributed by atoms with Crippen LogP contribution >= 0.6 is 26.2 Å². The molecule has 4 N–H and O–H groups in total. The lowest BCUT2D eigenvalue weighted by Gasteiger charge is -1.88. The molecule has 5 nitrogen and oxygen atoms in total. The van der Waals surface area contributed by atoms with E-state index in [2.05, 4.69) is 24.1 Å². The van der Waals surface area contributed by atoms with Crippen molar-refractivity contribution in [2.75, 3.05) is 0 Å². The van der Waals surface area contributed by atoms with Crippen LogP contribution in [0.1, 0.15) is 0 Å². The Bertz CT molecular complexity index is 113. The molecular weight excluding hydrogens is 206 g/mol. The highest BCUT2D eigenvalue weighted by atomic mass is 32.7. The molecule has 0 aromatic rings. The van der Waals surface area contributed by atoms with Crippen LogP contribution in [-0.4, -0.2) is 19.6 Å². The molecule has 0 saturated heterocycles. The van der Waals surface area contributed by atoms with Crippen molar-refractivity contribution in [3.05, 3.63) is 0 Å². The van der Waals surface area contributed by atoms with Gasteiger partial charge in [-0.3, -0.25) is 0 Å². The zero-order valence-corrected chi connectivity index (χ0v) is 7.45. The van der Waals surface area contributed by atoms with E-state index in [1.54, 1.807) is 0 Å². The summed E-state index contributed by atoms with van der Waals surface area (Å²) >= 11 is 6.64. The van der Waals surface area contributed by atoms with Gasteiger partial charge >= 0.3 is 13.9 Å². The van der Waals surface area contributed by atoms with Crippen LogP contribution < -0.4 is 0 Å². The summed E-state index contributed by atoms with van der Waals surface area (Å²) in [5, 5.41) is 0. The highest BCUT2D eigenvalue weighted by Gasteiger charge is 1.92. The third-order valence-electron chi connectivity index (χ3n) is 0. The molecule has 0 fully saturated rings. The average Bonchev–Trinajstić information content (AvgIpc) is 1.19. The topological polar surface area (TPSA) is 98.0 Å². The van der Waals surface area contributed by atoms with E-state index in [9.17, 15) is 0 Å². The first-order valence-corrected chi connectivity index (χ1v) is 6.39. The fraction of sp³-hybridized carbons (Fsp3) is 0. The van der Waals surface area contributed by atoms with Crippen molar-refractivity contribution in [2.24, 2.45) is 0 Å². The van der Waals surface area contributed by atoms with E-state index >= 15 is 0 Å². The van der Waals surface area contributed by atoms with Gasteiger partial charge in [-0.25, -0.2) is 0 Å². The molecule has 0 aromatic heterocycles. The van der Waals surface area contributed by atoms with Crippen molar-refractivity contribution >= 4 is 38.0 Å². The SMILES string of the molecule is O=[P+](O)S.OP(O)(O)=S. The maximum Gasteiger partial charge on any atom is 0.579 e. The zero-order chi connectivity index (χ0) is 8.08. The van der Waals surface area contributed by atoms with Crippen molar-refractivity contribution in [1.29, 1.82) is 0 Å². The summed E-state index contributed by atoms with van der Waals surface area (Å²) in [7, 11) is -2.18. The maximum atomic E-state index is 9.01. The van der Waals surface area contributed by atoms with E-state index < -0.39 is 13.9 Å². The Kier molecular flexibility index (Phi) is 7.99. The molecule has 0 amide bonds. The van der Waals surface area contributed by atoms with Gasteiger partial charge in [-0.05, 0) is 16.4 Å². The van der Waals surface area contributed by atoms with Crippen LogP contribution in [0, 0.1) is 0 Å². The molecule has 9 heavy (non-hydrogen) atoms. The zero-order valence-electron chi connectivity index (χ0n) is 3.95. The lowest BCUT2D eigenvalue weighted by atomic mass is 15.8. The van der Waals surface area contributed by atoms with Crippen molar-refractivity contribution in [1.82, 2.24) is 0 Å². The summed E-state index contributed by atoms with van der Waals surface area (Å²) in [5.74, 6) is 0. The van der Waals surface area contributed by atoms with E-state index in [-0.39, 0.29) is 0 Å². The number of thiol groups is 1. The molecule has 0 aromatic carbocycles. The molecule has 0 aliphatic rings. The largest absolute Gasteiger partial charge is 0.579 e. The predicted octanol–water partition coefficient (Wildman–Crippen LogP) is -0.246. The molecule has 1 atom stereocenters. The molecule has 56 valence electrons. The van der Waals surface area contributed by atoms with Gasteiger partial charge in [0.05, 0.1) is 0 Å². The Balaban J connectivity index is 0. The van der Waals surface area contributed by atoms with Crippen LogP contribution in [0.5, 0.6) is 0 Å². The summed E-state index contributed by atoms with van der Waals surface area (Å²) in [6.45, 7) is -3.81. The molecule has 9 heteroatoms. The summed E-state index contributed by atoms with van der Waals surface area (Å²) in [6.07, 6.45) is 0. The Morgan fingerprint density at radius 1 is 1.44 bits per heavy atom. The summed E-state index contributed by atoms with van der Waals surface area (Å²) in [4.78, 5) is 30.1. The van der Waals surface area contributed by atoms with E-state index in [0.29, 0.717) is 0 Å². The van der Waals surface area contributed by atoms with Gasteiger partial charge in [-0.2, -0.15) is 4.89 Å². The third kappa shape index (κ3) is 487. The Morgan fingerprint density at radius 2 is 1.44 bits per heavy atom. The van der Waals surface area contributed by atoms with Crippen molar-refractivity contribution in [3.63, 3.8) is 0 Å². The molecule has 0 heterocycles. The first kappa shape index (κ1) is 12.6. The molecule has 0 saturated carbocycles. The fourth-order valence-electron chi connectivity index (χ4n) is 0. The second kappa shape index (κ2) is 5.70. The smallest absolute Gasteiger partial charge is 0.325 e. The van der Waals surface area contributed by atoms with Crippen LogP contribution in [0.3, 0.4) is 0 Å². The van der Waals surface area contributed by atoms with Crippen LogP contribution in [0.2, 0.25) is 0 Å². The lowest BCUT2D eigenvalue weighted by Crippen LogP contribution is -1.65. The van der Waals surface area contributed by atoms with Gasteiger partial charge in [0, 0.05) is 0 Å². The highest BCUT2D eigenvalue weighted by Crippen LogP contribution is 2.26. The van der Waals surface area contributed by atoms with Gasteiger partial charge in [-0.15, -0.1) is 0 Å². The number of hydrogen-bond donors (Lipinski definition) is 5. The van der Waals surface area contributed by atoms with Gasteiger partial charge in [-0.1, -0.05) is 0 Å². The van der Waals surface area contributed by atoms with E-state index in [1.165, 1.54) is 0 Å². The normalized spacial score (nSPS) is 11.4. The second-order valence-electron chi connectivity index (χ2n) is 0.766. The first-order chi connectivity index (χ1) is 3.73. The van der Waals surface area contributed by atoms with Crippen LogP contribution in [-0.2, 0) is 16.4 Å². The molecule has 0 bridgehead atoms. The minimum Gasteiger partial charge on any atom is -0.325 e. The van der Waals surface area contributed by atoms with Crippen molar-refractivity contribution < 1.29 is 24.1 Å². The molecule has 0 spiro atoms. The molecule has 0 rings (SSSR count). The van der Waals surface area contributed by atoms with Gasteiger partial charge < -0.3 is 14.7 Å². The molecule has 0 aliphatic heterocycles. The number of rotatable bonds is 0. The van der Waals surface area contributed by atoms with E-state index in [4.69, 9.17) is 24.1 Å². The summed E-state index contributed by atoms with van der Waals surface area (Å²) in [6, 6.07) is 0. The highest BCUT2D eigenvalue weighted by molar-refractivity contribution is 8.38. The fourth-order valence-corrected chi connectivity index (χ4v) is 0. The molecule has 0 radical (unpaired) electrons. The molecule has 0 aliphatic carbocycles. The van der Waals surface area contributed by atoms with Gasteiger partial charge in [0.25, 0.3) is 0 Å². The maximum absolute atomic E-state index is 9.01. The monoisotopic (exact) mass is 211 g/mol. The molecular formula is H5O5P2S2+. The van der Waals surface area contributed by atoms with Crippen molar-refractivity contribution in [2.45, 2.75) is 0 Å². The Labute approximate surface area is 62.6 Å². The second-order valence-corrected chi connectivity index (χ2v) is 4.79. The lowest BCUT2D eigenvalue weighted by molar-refractivity contribution is 0.363. The van der Waals surface area contributed by atoms with Crippen molar-refractivity contribution in [3.8, 4) is 0 Å². The van der Waals surface area contributed by atoms with Gasteiger partial charge in [0.2, 0.25) is 0 Å². The minimum absolute atomic E-state index is 2.18. The minimum atomic E-state index is -3.81. The van der Waals surface area contributed by atoms with E-state index in [1.807, 2.05) is 0 Å². The predicted molar refractivity (Wildman–Crippen MR) is 39.8 cm³/mol. The summed E-state index contributed by atoms with van der Waals surface area (Å²) in [5.41, 5.74) is 0. The quantitative estimate of drug-likeness (QED) is 0.280. The standard InChI is InChI=1S/H3O3PS.HO2PS/c1-4(2,3)5;1-3(2)4/h(H3,1,2,3,5);(H-,1,2,4)/p+1. The van der Waals surface area contributed by atoms with E-state index in [0.717, 1.165) is 0 Å². The first-order valence-electron chi connectivity index (χ1n) is 1.37. The third-order valence-corrected chi connectivity index (χ3v) is 0. The van der Waals surface area contributed by atoms with Crippen LogP contribution in [0.15, 0.2) is 0 Å². The Morgan fingerprint density at radius 3 is 1.44 bits per heavy atom. The summed E-state index contributed by atoms with van der Waals surface area (Å²) < 4.78 is 9.01. The van der Waals surface area contributed by atoms with Gasteiger partial charge in [0.15, 0.2) is 0 Å². The molecule has 1 unspecified atom stereocenters. The Hall–Kier alpha value is 0.940. The average molecular weight is 211 g/mol. The number of hydrogen-bond acceptors (Lipinski definition) is 2. The van der Waals surface area contributed by atoms with Crippen LogP contribution in [0.25, 0.3) is 0 Å².